The van der Waals surface area contributed by atoms with Gasteiger partial charge in [0, 0.05) is 26.7 Å². The summed E-state index contributed by atoms with van der Waals surface area (Å²) in [6.07, 6.45) is 2.25. The van der Waals surface area contributed by atoms with Gasteiger partial charge in [0.05, 0.1) is 6.61 Å². The van der Waals surface area contributed by atoms with E-state index in [2.05, 4.69) is 12.2 Å². The molecule has 0 saturated carbocycles. The molecule has 0 amide bonds. The quantitative estimate of drug-likeness (QED) is 0.644. The molecule has 1 aliphatic heterocycles. The lowest BCUT2D eigenvalue weighted by Crippen LogP contribution is -2.43. The highest BCUT2D eigenvalue weighted by Crippen LogP contribution is 2.21. The van der Waals surface area contributed by atoms with Gasteiger partial charge in [-0.05, 0) is 24.5 Å². The van der Waals surface area contributed by atoms with Crippen LogP contribution in [-0.4, -0.2) is 50.5 Å². The number of hydrogen-bond donors (Lipinski definition) is 1. The molecular formula is C11H23NO2S. The molecule has 0 radical (unpaired) electrons. The topological polar surface area (TPSA) is 30.5 Å². The first-order valence-corrected chi connectivity index (χ1v) is 6.90. The zero-order valence-corrected chi connectivity index (χ0v) is 10.7. The fraction of sp³-hybridized carbons (Fsp3) is 1.00. The SMILES string of the molecule is CCSCCCNCC1(OC)CCOC1. The van der Waals surface area contributed by atoms with Crippen molar-refractivity contribution in [1.29, 1.82) is 0 Å². The van der Waals surface area contributed by atoms with Crippen molar-refractivity contribution in [2.75, 3.05) is 44.9 Å². The number of rotatable bonds is 8. The molecule has 1 heterocycles. The van der Waals surface area contributed by atoms with Crippen molar-refractivity contribution in [3.63, 3.8) is 0 Å². The summed E-state index contributed by atoms with van der Waals surface area (Å²) in [5, 5.41) is 3.46. The van der Waals surface area contributed by atoms with Gasteiger partial charge in [-0.3, -0.25) is 0 Å². The second-order valence-corrected chi connectivity index (χ2v) is 5.31. The first-order valence-electron chi connectivity index (χ1n) is 5.74. The van der Waals surface area contributed by atoms with Crippen LogP contribution in [0.4, 0.5) is 0 Å². The Hall–Kier alpha value is 0.230. The lowest BCUT2D eigenvalue weighted by molar-refractivity contribution is -0.0155. The minimum absolute atomic E-state index is 0.0576. The second-order valence-electron chi connectivity index (χ2n) is 3.92. The summed E-state index contributed by atoms with van der Waals surface area (Å²) in [6, 6.07) is 0. The molecule has 1 atom stereocenters. The number of nitrogens with one attached hydrogen (secondary N) is 1. The van der Waals surface area contributed by atoms with Crippen LogP contribution in [0.5, 0.6) is 0 Å². The molecule has 0 bridgehead atoms. The summed E-state index contributed by atoms with van der Waals surface area (Å²) in [4.78, 5) is 0. The third-order valence-electron chi connectivity index (χ3n) is 2.79. The van der Waals surface area contributed by atoms with Crippen LogP contribution in [0, 0.1) is 0 Å². The highest BCUT2D eigenvalue weighted by molar-refractivity contribution is 7.99. The molecule has 1 N–H and O–H groups in total. The van der Waals surface area contributed by atoms with Crippen LogP contribution in [0.1, 0.15) is 19.8 Å². The van der Waals surface area contributed by atoms with Crippen molar-refractivity contribution in [1.82, 2.24) is 5.32 Å². The zero-order chi connectivity index (χ0) is 11.0. The van der Waals surface area contributed by atoms with E-state index >= 15 is 0 Å². The summed E-state index contributed by atoms with van der Waals surface area (Å²) >= 11 is 2.00. The fourth-order valence-electron chi connectivity index (χ4n) is 1.72. The Labute approximate surface area is 97.3 Å². The van der Waals surface area contributed by atoms with E-state index in [4.69, 9.17) is 9.47 Å². The maximum absolute atomic E-state index is 5.53. The van der Waals surface area contributed by atoms with Gasteiger partial charge in [-0.1, -0.05) is 6.92 Å². The largest absolute Gasteiger partial charge is 0.378 e. The molecule has 4 heteroatoms. The molecule has 1 unspecified atom stereocenters. The molecule has 1 saturated heterocycles. The Kier molecular flexibility index (Phi) is 6.64. The van der Waals surface area contributed by atoms with E-state index in [9.17, 15) is 0 Å². The van der Waals surface area contributed by atoms with Crippen LogP contribution in [0.15, 0.2) is 0 Å². The molecule has 3 nitrogen and oxygen atoms in total. The molecule has 0 spiro atoms. The Morgan fingerprint density at radius 2 is 2.40 bits per heavy atom. The van der Waals surface area contributed by atoms with Crippen LogP contribution in [0.2, 0.25) is 0 Å². The Bertz CT molecular complexity index is 161. The normalized spacial score (nSPS) is 26.0. The van der Waals surface area contributed by atoms with E-state index < -0.39 is 0 Å². The summed E-state index contributed by atoms with van der Waals surface area (Å²) in [5.74, 6) is 2.47. The van der Waals surface area contributed by atoms with Gasteiger partial charge in [-0.25, -0.2) is 0 Å². The van der Waals surface area contributed by atoms with Gasteiger partial charge < -0.3 is 14.8 Å². The predicted molar refractivity (Wildman–Crippen MR) is 65.7 cm³/mol. The monoisotopic (exact) mass is 233 g/mol. The maximum atomic E-state index is 5.53. The minimum Gasteiger partial charge on any atom is -0.378 e. The first kappa shape index (κ1) is 13.3. The number of thioether (sulfide) groups is 1. The van der Waals surface area contributed by atoms with E-state index in [0.29, 0.717) is 0 Å². The van der Waals surface area contributed by atoms with E-state index in [0.717, 1.165) is 32.7 Å². The summed E-state index contributed by atoms with van der Waals surface area (Å²) in [7, 11) is 1.78. The number of ether oxygens (including phenoxy) is 2. The molecule has 1 rings (SSSR count). The van der Waals surface area contributed by atoms with Crippen molar-refractivity contribution in [3.8, 4) is 0 Å². The second kappa shape index (κ2) is 7.49. The van der Waals surface area contributed by atoms with Gasteiger partial charge in [0.1, 0.15) is 5.60 Å². The van der Waals surface area contributed by atoms with E-state index in [1.165, 1.54) is 17.9 Å². The van der Waals surface area contributed by atoms with Crippen LogP contribution >= 0.6 is 11.8 Å². The number of hydrogen-bond acceptors (Lipinski definition) is 4. The smallest absolute Gasteiger partial charge is 0.106 e. The summed E-state index contributed by atoms with van der Waals surface area (Å²) < 4.78 is 10.9. The van der Waals surface area contributed by atoms with Gasteiger partial charge in [0.15, 0.2) is 0 Å². The predicted octanol–water partition coefficient (Wildman–Crippen LogP) is 1.52. The van der Waals surface area contributed by atoms with Crippen LogP contribution < -0.4 is 5.32 Å². The van der Waals surface area contributed by atoms with Crippen molar-refractivity contribution in [3.05, 3.63) is 0 Å². The van der Waals surface area contributed by atoms with Crippen molar-refractivity contribution in [2.24, 2.45) is 0 Å². The molecule has 0 aromatic rings. The Morgan fingerprint density at radius 1 is 1.53 bits per heavy atom. The molecule has 90 valence electrons. The van der Waals surface area contributed by atoms with Gasteiger partial charge in [0.2, 0.25) is 0 Å². The highest BCUT2D eigenvalue weighted by atomic mass is 32.2. The molecular weight excluding hydrogens is 210 g/mol. The van der Waals surface area contributed by atoms with Crippen LogP contribution in [-0.2, 0) is 9.47 Å². The lowest BCUT2D eigenvalue weighted by Gasteiger charge is -2.25. The lowest BCUT2D eigenvalue weighted by atomic mass is 10.0. The Morgan fingerprint density at radius 3 is 3.00 bits per heavy atom. The minimum atomic E-state index is -0.0576. The Balaban J connectivity index is 2.02. The van der Waals surface area contributed by atoms with E-state index in [1.807, 2.05) is 11.8 Å². The summed E-state index contributed by atoms with van der Waals surface area (Å²) in [5.41, 5.74) is -0.0576. The molecule has 0 aromatic heterocycles. The van der Waals surface area contributed by atoms with Gasteiger partial charge >= 0.3 is 0 Å². The van der Waals surface area contributed by atoms with E-state index in [-0.39, 0.29) is 5.60 Å². The standard InChI is InChI=1S/C11H23NO2S/c1-3-15-8-4-6-12-9-11(13-2)5-7-14-10-11/h12H,3-10H2,1-2H3. The fourth-order valence-corrected chi connectivity index (χ4v) is 2.36. The maximum Gasteiger partial charge on any atom is 0.106 e. The van der Waals surface area contributed by atoms with Crippen molar-refractivity contribution in [2.45, 2.75) is 25.4 Å². The van der Waals surface area contributed by atoms with Crippen LogP contribution in [0.3, 0.4) is 0 Å². The van der Waals surface area contributed by atoms with Gasteiger partial charge in [-0.2, -0.15) is 11.8 Å². The molecule has 1 aliphatic rings. The average Bonchev–Trinajstić information content (AvgIpc) is 2.73. The summed E-state index contributed by atoms with van der Waals surface area (Å²) in [6.45, 7) is 5.77. The van der Waals surface area contributed by atoms with Crippen molar-refractivity contribution < 1.29 is 9.47 Å². The third kappa shape index (κ3) is 4.72. The average molecular weight is 233 g/mol. The van der Waals surface area contributed by atoms with Gasteiger partial charge in [0.25, 0.3) is 0 Å². The number of methoxy groups -OCH3 is 1. The van der Waals surface area contributed by atoms with Crippen molar-refractivity contribution >= 4 is 11.8 Å². The van der Waals surface area contributed by atoms with Crippen LogP contribution in [0.25, 0.3) is 0 Å². The highest BCUT2D eigenvalue weighted by Gasteiger charge is 2.34. The zero-order valence-electron chi connectivity index (χ0n) is 9.88. The molecule has 1 fully saturated rings. The third-order valence-corrected chi connectivity index (χ3v) is 3.78. The van der Waals surface area contributed by atoms with Gasteiger partial charge in [-0.15, -0.1) is 0 Å². The molecule has 0 aromatic carbocycles. The molecule has 0 aliphatic carbocycles. The van der Waals surface area contributed by atoms with E-state index in [1.54, 1.807) is 7.11 Å². The first-order chi connectivity index (χ1) is 7.33. The molecule has 15 heavy (non-hydrogen) atoms.